The molecule has 2 amide bonds. The first-order valence-electron chi connectivity index (χ1n) is 7.08. The number of aromatic amines is 1. The standard InChI is InChI=1S/C14H20N4O3/c1-8-11(14(21)17-9(2)16-8)4-6-13(20)18-10-3-5-12(19)15-7-10/h10H,3-7H2,1-2H3,(H,15,19)(H,18,20)(H,16,17,21). The van der Waals surface area contributed by atoms with E-state index >= 15 is 0 Å². The van der Waals surface area contributed by atoms with E-state index in [1.807, 2.05) is 0 Å². The maximum absolute atomic E-state index is 11.9. The van der Waals surface area contributed by atoms with Gasteiger partial charge in [0, 0.05) is 36.7 Å². The highest BCUT2D eigenvalue weighted by Crippen LogP contribution is 2.05. The second-order valence-electron chi connectivity index (χ2n) is 5.32. The van der Waals surface area contributed by atoms with Crippen molar-refractivity contribution in [3.63, 3.8) is 0 Å². The highest BCUT2D eigenvalue weighted by atomic mass is 16.2. The summed E-state index contributed by atoms with van der Waals surface area (Å²) in [7, 11) is 0. The van der Waals surface area contributed by atoms with Crippen LogP contribution in [-0.4, -0.2) is 34.4 Å². The van der Waals surface area contributed by atoms with Crippen LogP contribution in [0.15, 0.2) is 4.79 Å². The molecule has 2 rings (SSSR count). The van der Waals surface area contributed by atoms with E-state index in [-0.39, 0.29) is 29.8 Å². The molecule has 1 aromatic rings. The van der Waals surface area contributed by atoms with Gasteiger partial charge in [0.2, 0.25) is 11.8 Å². The molecule has 0 saturated carbocycles. The van der Waals surface area contributed by atoms with Crippen molar-refractivity contribution >= 4 is 11.8 Å². The van der Waals surface area contributed by atoms with Gasteiger partial charge in [0.25, 0.3) is 5.56 Å². The number of amides is 2. The molecule has 1 aromatic heterocycles. The van der Waals surface area contributed by atoms with Crippen molar-refractivity contribution in [3.05, 3.63) is 27.4 Å². The minimum Gasteiger partial charge on any atom is -0.354 e. The van der Waals surface area contributed by atoms with Gasteiger partial charge >= 0.3 is 0 Å². The van der Waals surface area contributed by atoms with Crippen LogP contribution in [0.25, 0.3) is 0 Å². The van der Waals surface area contributed by atoms with E-state index in [4.69, 9.17) is 0 Å². The molecule has 114 valence electrons. The van der Waals surface area contributed by atoms with Crippen molar-refractivity contribution in [2.24, 2.45) is 0 Å². The molecule has 1 fully saturated rings. The lowest BCUT2D eigenvalue weighted by molar-refractivity contribution is -0.125. The van der Waals surface area contributed by atoms with Crippen LogP contribution >= 0.6 is 0 Å². The van der Waals surface area contributed by atoms with Crippen molar-refractivity contribution in [2.45, 2.75) is 45.6 Å². The van der Waals surface area contributed by atoms with Crippen LogP contribution in [0.2, 0.25) is 0 Å². The molecule has 21 heavy (non-hydrogen) atoms. The molecular weight excluding hydrogens is 272 g/mol. The number of hydrogen-bond donors (Lipinski definition) is 3. The van der Waals surface area contributed by atoms with Gasteiger partial charge in [-0.05, 0) is 26.7 Å². The fourth-order valence-electron chi connectivity index (χ4n) is 2.44. The first-order valence-corrected chi connectivity index (χ1v) is 7.08. The van der Waals surface area contributed by atoms with Gasteiger partial charge in [-0.25, -0.2) is 4.98 Å². The number of carbonyl (C=O) groups excluding carboxylic acids is 2. The second kappa shape index (κ2) is 6.51. The van der Waals surface area contributed by atoms with Crippen LogP contribution in [0, 0.1) is 13.8 Å². The van der Waals surface area contributed by atoms with Crippen LogP contribution in [0.3, 0.4) is 0 Å². The summed E-state index contributed by atoms with van der Waals surface area (Å²) in [6.07, 6.45) is 1.69. The van der Waals surface area contributed by atoms with Crippen LogP contribution in [-0.2, 0) is 16.0 Å². The Hall–Kier alpha value is -2.18. The largest absolute Gasteiger partial charge is 0.354 e. The maximum atomic E-state index is 11.9. The molecule has 0 radical (unpaired) electrons. The number of H-pyrrole nitrogens is 1. The van der Waals surface area contributed by atoms with Gasteiger partial charge in [-0.15, -0.1) is 0 Å². The zero-order valence-electron chi connectivity index (χ0n) is 12.3. The van der Waals surface area contributed by atoms with E-state index < -0.39 is 0 Å². The van der Waals surface area contributed by atoms with Crippen LogP contribution in [0.4, 0.5) is 0 Å². The third-order valence-corrected chi connectivity index (χ3v) is 3.57. The summed E-state index contributed by atoms with van der Waals surface area (Å²) in [5.74, 6) is 0.479. The molecular formula is C14H20N4O3. The number of aryl methyl sites for hydroxylation is 2. The predicted molar refractivity (Wildman–Crippen MR) is 76.8 cm³/mol. The van der Waals surface area contributed by atoms with Gasteiger partial charge in [0.05, 0.1) is 0 Å². The maximum Gasteiger partial charge on any atom is 0.254 e. The average molecular weight is 292 g/mol. The fourth-order valence-corrected chi connectivity index (χ4v) is 2.44. The Morgan fingerprint density at radius 3 is 2.76 bits per heavy atom. The van der Waals surface area contributed by atoms with Crippen molar-refractivity contribution in [1.29, 1.82) is 0 Å². The van der Waals surface area contributed by atoms with E-state index in [0.717, 1.165) is 0 Å². The number of aromatic nitrogens is 2. The van der Waals surface area contributed by atoms with Crippen molar-refractivity contribution in [2.75, 3.05) is 6.54 Å². The number of nitrogens with one attached hydrogen (secondary N) is 3. The van der Waals surface area contributed by atoms with E-state index in [2.05, 4.69) is 20.6 Å². The van der Waals surface area contributed by atoms with Crippen molar-refractivity contribution in [3.8, 4) is 0 Å². The lowest BCUT2D eigenvalue weighted by Crippen LogP contribution is -2.47. The van der Waals surface area contributed by atoms with Crippen LogP contribution in [0.5, 0.6) is 0 Å². The normalized spacial score (nSPS) is 18.2. The lowest BCUT2D eigenvalue weighted by atomic mass is 10.1. The van der Waals surface area contributed by atoms with Crippen LogP contribution in [0.1, 0.15) is 36.3 Å². The van der Waals surface area contributed by atoms with Gasteiger partial charge in [-0.2, -0.15) is 0 Å². The van der Waals surface area contributed by atoms with Gasteiger partial charge in [0.15, 0.2) is 0 Å². The van der Waals surface area contributed by atoms with Crippen LogP contribution < -0.4 is 16.2 Å². The first-order chi connectivity index (χ1) is 9.95. The van der Waals surface area contributed by atoms with Gasteiger partial charge in [0.1, 0.15) is 5.82 Å². The Bertz CT molecular complexity index is 599. The zero-order chi connectivity index (χ0) is 15.4. The first kappa shape index (κ1) is 15.2. The molecule has 7 heteroatoms. The minimum absolute atomic E-state index is 0.0217. The van der Waals surface area contributed by atoms with E-state index in [9.17, 15) is 14.4 Å². The summed E-state index contributed by atoms with van der Waals surface area (Å²) in [5.41, 5.74) is 1.03. The summed E-state index contributed by atoms with van der Waals surface area (Å²) in [6, 6.07) is -0.0225. The Morgan fingerprint density at radius 2 is 2.14 bits per heavy atom. The van der Waals surface area contributed by atoms with E-state index in [1.165, 1.54) is 0 Å². The predicted octanol–water partition coefficient (Wildman–Crippen LogP) is -0.286. The number of nitrogens with zero attached hydrogens (tertiary/aromatic N) is 1. The lowest BCUT2D eigenvalue weighted by Gasteiger charge is -2.23. The third-order valence-electron chi connectivity index (χ3n) is 3.57. The molecule has 7 nitrogen and oxygen atoms in total. The van der Waals surface area contributed by atoms with Gasteiger partial charge < -0.3 is 15.6 Å². The molecule has 1 aliphatic rings. The molecule has 0 aliphatic carbocycles. The Morgan fingerprint density at radius 1 is 1.38 bits per heavy atom. The topological polar surface area (TPSA) is 104 Å². The number of hydrogen-bond acceptors (Lipinski definition) is 4. The minimum atomic E-state index is -0.183. The molecule has 3 N–H and O–H groups in total. The molecule has 1 unspecified atom stereocenters. The Kier molecular flexibility index (Phi) is 4.72. The van der Waals surface area contributed by atoms with Crippen molar-refractivity contribution in [1.82, 2.24) is 20.6 Å². The average Bonchev–Trinajstić information content (AvgIpc) is 2.40. The molecule has 1 saturated heterocycles. The molecule has 0 aromatic carbocycles. The SMILES string of the molecule is Cc1nc(C)c(CCC(=O)NC2CCC(=O)NC2)c(=O)[nH]1. The summed E-state index contributed by atoms with van der Waals surface area (Å²) >= 11 is 0. The Labute approximate surface area is 122 Å². The molecule has 0 spiro atoms. The van der Waals surface area contributed by atoms with Crippen molar-refractivity contribution < 1.29 is 9.59 Å². The summed E-state index contributed by atoms with van der Waals surface area (Å²) in [5, 5.41) is 5.59. The highest BCUT2D eigenvalue weighted by Gasteiger charge is 2.19. The Balaban J connectivity index is 1.87. The number of rotatable bonds is 4. The van der Waals surface area contributed by atoms with E-state index in [1.54, 1.807) is 13.8 Å². The number of carbonyl (C=O) groups is 2. The number of piperidine rings is 1. The quantitative estimate of drug-likeness (QED) is 0.709. The second-order valence-corrected chi connectivity index (χ2v) is 5.32. The smallest absolute Gasteiger partial charge is 0.254 e. The van der Waals surface area contributed by atoms with Gasteiger partial charge in [-0.1, -0.05) is 0 Å². The summed E-state index contributed by atoms with van der Waals surface area (Å²) in [6.45, 7) is 3.96. The molecule has 1 atom stereocenters. The zero-order valence-corrected chi connectivity index (χ0v) is 12.3. The van der Waals surface area contributed by atoms with E-state index in [0.29, 0.717) is 42.9 Å². The highest BCUT2D eigenvalue weighted by molar-refractivity contribution is 5.79. The fraction of sp³-hybridized carbons (Fsp3) is 0.571. The molecule has 2 heterocycles. The van der Waals surface area contributed by atoms with Gasteiger partial charge in [-0.3, -0.25) is 14.4 Å². The summed E-state index contributed by atoms with van der Waals surface area (Å²) in [4.78, 5) is 41.6. The molecule has 0 bridgehead atoms. The third kappa shape index (κ3) is 4.14. The monoisotopic (exact) mass is 292 g/mol. The summed E-state index contributed by atoms with van der Waals surface area (Å²) < 4.78 is 0. The molecule has 1 aliphatic heterocycles.